The Bertz CT molecular complexity index is 1890. The van der Waals surface area contributed by atoms with Crippen LogP contribution >= 0.6 is 7.75 Å². The van der Waals surface area contributed by atoms with Crippen molar-refractivity contribution < 1.29 is 33.0 Å². The molecule has 5 rings (SSSR count). The topological polar surface area (TPSA) is 160 Å². The summed E-state index contributed by atoms with van der Waals surface area (Å²) in [4.78, 5) is 17.1. The molecule has 0 spiro atoms. The molecule has 0 saturated carbocycles. The second-order valence-corrected chi connectivity index (χ2v) is 15.8. The van der Waals surface area contributed by atoms with Gasteiger partial charge in [-0.15, -0.1) is 0 Å². The maximum Gasteiger partial charge on any atom is 0.459 e. The van der Waals surface area contributed by atoms with Crippen LogP contribution in [0.1, 0.15) is 109 Å². The van der Waals surface area contributed by atoms with Crippen LogP contribution in [0.2, 0.25) is 0 Å². The molecule has 0 aliphatic carbocycles. The summed E-state index contributed by atoms with van der Waals surface area (Å²) >= 11 is 0. The van der Waals surface area contributed by atoms with E-state index in [4.69, 9.17) is 24.3 Å². The zero-order chi connectivity index (χ0) is 38.9. The van der Waals surface area contributed by atoms with Crippen molar-refractivity contribution in [3.8, 4) is 5.75 Å². The first-order valence-corrected chi connectivity index (χ1v) is 21.4. The molecular weight excluding hydrogens is 717 g/mol. The van der Waals surface area contributed by atoms with Crippen LogP contribution in [0.15, 0.2) is 85.2 Å². The highest BCUT2D eigenvalue weighted by atomic mass is 31.2. The summed E-state index contributed by atoms with van der Waals surface area (Å²) < 4.78 is 39.8. The molecule has 1 unspecified atom stereocenters. The zero-order valence-electron chi connectivity index (χ0n) is 32.3. The maximum atomic E-state index is 14.4. The van der Waals surface area contributed by atoms with Crippen molar-refractivity contribution in [1.29, 1.82) is 0 Å². The van der Waals surface area contributed by atoms with Crippen LogP contribution in [-0.4, -0.2) is 57.1 Å². The van der Waals surface area contributed by atoms with Gasteiger partial charge in [0.2, 0.25) is 0 Å². The van der Waals surface area contributed by atoms with E-state index in [-0.39, 0.29) is 19.6 Å². The third-order valence-electron chi connectivity index (χ3n) is 9.74. The van der Waals surface area contributed by atoms with E-state index in [9.17, 15) is 14.5 Å². The Hall–Kier alpha value is -4.06. The number of nitrogens with zero attached hydrogens (tertiary/aromatic N) is 3. The van der Waals surface area contributed by atoms with Gasteiger partial charge in [-0.3, -0.25) is 9.32 Å². The third kappa shape index (κ3) is 12.7. The number of nitrogens with one attached hydrogen (secondary N) is 1. The van der Waals surface area contributed by atoms with Gasteiger partial charge in [0.15, 0.2) is 5.82 Å². The molecule has 1 saturated heterocycles. The fourth-order valence-electron chi connectivity index (χ4n) is 6.63. The fraction of sp³-hybridized carbons (Fsp3) is 0.500. The van der Waals surface area contributed by atoms with Gasteiger partial charge in [-0.2, -0.15) is 10.2 Å². The minimum atomic E-state index is -4.23. The van der Waals surface area contributed by atoms with Crippen LogP contribution < -0.4 is 15.3 Å². The van der Waals surface area contributed by atoms with E-state index in [1.54, 1.807) is 29.6 Å². The quantitative estimate of drug-likeness (QED) is 0.0270. The van der Waals surface area contributed by atoms with E-state index in [0.29, 0.717) is 22.8 Å². The standard InChI is InChI=1S/C42H58N5O7P/c1-3-4-5-6-7-8-9-10-11-12-13-14-15-16-17-20-28-51-42(49)32(2)46-55(50,54-38-25-21-23-33-22-18-19-24-34(33)38)52-30-40-37(48)29-39(53-40)35-26-27-36-41(43)44-31-45-47(35)36/h7-8,10-11,18-19,21-27,31-32,37,39-40,48H,3-6,9,12-17,20,28-30H2,1-2H3,(H,46,50)(H2,43,44,45)/b8-7-,11-10-/t32-,37-,39+,40+,55?/m0/s1. The normalized spacial score (nSPS) is 19.1. The van der Waals surface area contributed by atoms with Crippen molar-refractivity contribution in [2.75, 3.05) is 18.9 Å². The number of benzene rings is 2. The summed E-state index contributed by atoms with van der Waals surface area (Å²) in [6, 6.07) is 15.5. The lowest BCUT2D eigenvalue weighted by molar-refractivity contribution is -0.145. The van der Waals surface area contributed by atoms with E-state index in [0.717, 1.165) is 49.3 Å². The molecule has 298 valence electrons. The van der Waals surface area contributed by atoms with E-state index >= 15 is 0 Å². The highest BCUT2D eigenvalue weighted by Crippen LogP contribution is 2.48. The molecule has 2 aromatic heterocycles. The van der Waals surface area contributed by atoms with Gasteiger partial charge in [0.05, 0.1) is 25.0 Å². The molecule has 4 N–H and O–H groups in total. The summed E-state index contributed by atoms with van der Waals surface area (Å²) in [6.45, 7) is 3.78. The molecule has 1 aliphatic rings. The van der Waals surface area contributed by atoms with E-state index in [1.165, 1.54) is 44.9 Å². The number of aliphatic hydroxyl groups is 1. The Morgan fingerprint density at radius 1 is 1.00 bits per heavy atom. The fourth-order valence-corrected chi connectivity index (χ4v) is 8.15. The van der Waals surface area contributed by atoms with Gasteiger partial charge in [0.1, 0.15) is 35.8 Å². The van der Waals surface area contributed by atoms with Gasteiger partial charge in [-0.1, -0.05) is 106 Å². The second-order valence-electron chi connectivity index (χ2n) is 14.1. The molecule has 1 fully saturated rings. The largest absolute Gasteiger partial charge is 0.465 e. The van der Waals surface area contributed by atoms with Gasteiger partial charge >= 0.3 is 13.7 Å². The van der Waals surface area contributed by atoms with Crippen molar-refractivity contribution in [3.63, 3.8) is 0 Å². The average Bonchev–Trinajstić information content (AvgIpc) is 3.79. The van der Waals surface area contributed by atoms with E-state index in [2.05, 4.69) is 46.4 Å². The van der Waals surface area contributed by atoms with Gasteiger partial charge in [-0.05, 0) is 69.0 Å². The first kappa shape index (κ1) is 42.1. The first-order valence-electron chi connectivity index (χ1n) is 19.9. The van der Waals surface area contributed by atoms with Crippen LogP contribution in [0.3, 0.4) is 0 Å². The molecule has 0 amide bonds. The number of nitrogen functional groups attached to an aromatic ring is 1. The number of hydrogen-bond donors (Lipinski definition) is 3. The van der Waals surface area contributed by atoms with Crippen molar-refractivity contribution in [2.45, 2.75) is 122 Å². The number of ether oxygens (including phenoxy) is 2. The summed E-state index contributed by atoms with van der Waals surface area (Å²) in [5, 5.41) is 19.6. The molecule has 5 atom stereocenters. The van der Waals surface area contributed by atoms with Gasteiger partial charge in [0, 0.05) is 11.8 Å². The molecule has 55 heavy (non-hydrogen) atoms. The van der Waals surface area contributed by atoms with Gasteiger partial charge < -0.3 is 24.8 Å². The van der Waals surface area contributed by atoms with E-state index < -0.39 is 38.1 Å². The summed E-state index contributed by atoms with van der Waals surface area (Å²) in [6.07, 6.45) is 21.9. The Morgan fingerprint density at radius 2 is 1.73 bits per heavy atom. The minimum Gasteiger partial charge on any atom is -0.465 e. The van der Waals surface area contributed by atoms with E-state index in [1.807, 2.05) is 36.4 Å². The third-order valence-corrected chi connectivity index (χ3v) is 11.4. The molecule has 4 aromatic rings. The number of aromatic nitrogens is 3. The van der Waals surface area contributed by atoms with Gasteiger partial charge in [0.25, 0.3) is 0 Å². The number of rotatable bonds is 24. The molecule has 0 bridgehead atoms. The Kier molecular flexibility index (Phi) is 16.7. The predicted molar refractivity (Wildman–Crippen MR) is 217 cm³/mol. The Morgan fingerprint density at radius 3 is 2.53 bits per heavy atom. The molecule has 3 heterocycles. The maximum absolute atomic E-state index is 14.4. The smallest absolute Gasteiger partial charge is 0.459 e. The molecular formula is C42H58N5O7P. The van der Waals surface area contributed by atoms with Crippen molar-refractivity contribution in [1.82, 2.24) is 19.7 Å². The number of carbonyl (C=O) groups excluding carboxylic acids is 1. The van der Waals surface area contributed by atoms with Crippen LogP contribution in [0.4, 0.5) is 5.82 Å². The van der Waals surface area contributed by atoms with Crippen molar-refractivity contribution in [3.05, 3.63) is 90.9 Å². The summed E-state index contributed by atoms with van der Waals surface area (Å²) in [5.74, 6) is 0.0801. The number of esters is 1. The Balaban J connectivity index is 1.08. The van der Waals surface area contributed by atoms with Crippen LogP contribution in [0.5, 0.6) is 5.75 Å². The highest BCUT2D eigenvalue weighted by Gasteiger charge is 2.40. The van der Waals surface area contributed by atoms with Crippen LogP contribution in [-0.2, 0) is 23.4 Å². The lowest BCUT2D eigenvalue weighted by atomic mass is 10.1. The number of carbonyl (C=O) groups is 1. The molecule has 0 radical (unpaired) electrons. The zero-order valence-corrected chi connectivity index (χ0v) is 33.2. The monoisotopic (exact) mass is 775 g/mol. The number of unbranched alkanes of at least 4 members (excludes halogenated alkanes) is 9. The number of allylic oxidation sites excluding steroid dienone is 4. The van der Waals surface area contributed by atoms with Crippen molar-refractivity contribution in [2.24, 2.45) is 0 Å². The molecule has 13 heteroatoms. The van der Waals surface area contributed by atoms with Crippen LogP contribution in [0.25, 0.3) is 16.3 Å². The molecule has 12 nitrogen and oxygen atoms in total. The second kappa shape index (κ2) is 21.9. The lowest BCUT2D eigenvalue weighted by Crippen LogP contribution is -2.36. The van der Waals surface area contributed by atoms with Crippen LogP contribution in [0, 0.1) is 0 Å². The number of fused-ring (bicyclic) bond motifs is 2. The SMILES string of the molecule is CCCCC/C=C\C/C=C\CCCCCCCCOC(=O)[C@H](C)NP(=O)(OC[C@H]1O[C@@H](c2ccc3c(N)ncnn23)C[C@@H]1O)Oc1cccc2ccccc12. The summed E-state index contributed by atoms with van der Waals surface area (Å²) in [7, 11) is -4.23. The number of aliphatic hydroxyl groups excluding tert-OH is 1. The highest BCUT2D eigenvalue weighted by molar-refractivity contribution is 7.52. The minimum absolute atomic E-state index is 0.253. The Labute approximate surface area is 325 Å². The lowest BCUT2D eigenvalue weighted by Gasteiger charge is -2.25. The van der Waals surface area contributed by atoms with Gasteiger partial charge in [-0.25, -0.2) is 14.1 Å². The average molecular weight is 776 g/mol. The first-order chi connectivity index (χ1) is 26.8. The molecule has 2 aromatic carbocycles. The predicted octanol–water partition coefficient (Wildman–Crippen LogP) is 9.19. The number of hydrogen-bond acceptors (Lipinski definition) is 10. The van der Waals surface area contributed by atoms with Crippen molar-refractivity contribution >= 4 is 35.8 Å². The number of anilines is 1. The molecule has 1 aliphatic heterocycles. The summed E-state index contributed by atoms with van der Waals surface area (Å²) in [5.41, 5.74) is 7.31. The number of nitrogens with two attached hydrogens (primary N) is 1.